The summed E-state index contributed by atoms with van der Waals surface area (Å²) in [5.41, 5.74) is 6.13. The summed E-state index contributed by atoms with van der Waals surface area (Å²) in [5.74, 6) is 1.01. The molecule has 2 N–H and O–H groups in total. The van der Waals surface area contributed by atoms with E-state index in [0.717, 1.165) is 12.1 Å². The third-order valence-electron chi connectivity index (χ3n) is 2.80. The highest BCUT2D eigenvalue weighted by Gasteiger charge is 2.31. The van der Waals surface area contributed by atoms with E-state index in [9.17, 15) is 13.2 Å². The molecule has 0 aliphatic heterocycles. The lowest BCUT2D eigenvalue weighted by molar-refractivity contribution is -0.274. The van der Waals surface area contributed by atoms with Crippen molar-refractivity contribution in [3.05, 3.63) is 36.4 Å². The number of hydrogen-bond donors (Lipinski definition) is 1. The van der Waals surface area contributed by atoms with Crippen molar-refractivity contribution in [1.82, 2.24) is 0 Å². The first-order chi connectivity index (χ1) is 10.8. The summed E-state index contributed by atoms with van der Waals surface area (Å²) in [7, 11) is 2.89. The van der Waals surface area contributed by atoms with Gasteiger partial charge in [-0.25, -0.2) is 0 Å². The molecule has 2 aromatic rings. The zero-order chi connectivity index (χ0) is 17.0. The Morgan fingerprint density at radius 1 is 0.826 bits per heavy atom. The van der Waals surface area contributed by atoms with E-state index in [-0.39, 0.29) is 5.75 Å². The lowest BCUT2D eigenvalue weighted by atomic mass is 10.2. The molecule has 0 amide bonds. The van der Waals surface area contributed by atoms with Gasteiger partial charge in [-0.15, -0.1) is 13.2 Å². The van der Waals surface area contributed by atoms with E-state index in [2.05, 4.69) is 4.74 Å². The Bertz CT molecular complexity index is 672. The first-order valence-electron chi connectivity index (χ1n) is 6.37. The molecule has 0 saturated carbocycles. The van der Waals surface area contributed by atoms with Gasteiger partial charge in [0.2, 0.25) is 0 Å². The van der Waals surface area contributed by atoms with Crippen LogP contribution >= 0.6 is 0 Å². The summed E-state index contributed by atoms with van der Waals surface area (Å²) >= 11 is 0. The molecule has 0 aliphatic carbocycles. The number of ether oxygens (including phenoxy) is 4. The molecule has 0 radical (unpaired) electrons. The predicted molar refractivity (Wildman–Crippen MR) is 77.2 cm³/mol. The van der Waals surface area contributed by atoms with Crippen LogP contribution < -0.4 is 24.7 Å². The Hall–Kier alpha value is -2.77. The van der Waals surface area contributed by atoms with Gasteiger partial charge >= 0.3 is 6.36 Å². The molecule has 0 unspecified atom stereocenters. The van der Waals surface area contributed by atoms with Gasteiger partial charge in [0.1, 0.15) is 17.2 Å². The largest absolute Gasteiger partial charge is 0.573 e. The molecule has 124 valence electrons. The van der Waals surface area contributed by atoms with Crippen LogP contribution in [0.5, 0.6) is 28.7 Å². The number of rotatable bonds is 5. The number of halogens is 3. The monoisotopic (exact) mass is 329 g/mol. The lowest BCUT2D eigenvalue weighted by Crippen LogP contribution is -2.16. The highest BCUT2D eigenvalue weighted by molar-refractivity contribution is 5.62. The van der Waals surface area contributed by atoms with Gasteiger partial charge in [0.05, 0.1) is 19.9 Å². The minimum atomic E-state index is -4.74. The van der Waals surface area contributed by atoms with Crippen molar-refractivity contribution < 1.29 is 32.1 Å². The molecule has 0 atom stereocenters. The highest BCUT2D eigenvalue weighted by Crippen LogP contribution is 2.39. The van der Waals surface area contributed by atoms with Crippen LogP contribution in [0.15, 0.2) is 36.4 Å². The molecular formula is C15H14F3NO4. The third kappa shape index (κ3) is 4.35. The molecule has 5 nitrogen and oxygen atoms in total. The zero-order valence-electron chi connectivity index (χ0n) is 12.3. The molecule has 0 fully saturated rings. The normalized spacial score (nSPS) is 11.0. The van der Waals surface area contributed by atoms with E-state index >= 15 is 0 Å². The van der Waals surface area contributed by atoms with Crippen LogP contribution in [0.2, 0.25) is 0 Å². The summed E-state index contributed by atoms with van der Waals surface area (Å²) in [4.78, 5) is 0. The molecule has 0 spiro atoms. The molecule has 0 saturated heterocycles. The molecule has 0 aromatic heterocycles. The molecule has 2 aromatic carbocycles. The first-order valence-corrected chi connectivity index (χ1v) is 6.37. The predicted octanol–water partition coefficient (Wildman–Crippen LogP) is 3.98. The van der Waals surface area contributed by atoms with Gasteiger partial charge in [-0.1, -0.05) is 0 Å². The number of alkyl halides is 3. The van der Waals surface area contributed by atoms with Crippen molar-refractivity contribution >= 4 is 5.69 Å². The van der Waals surface area contributed by atoms with Gasteiger partial charge in [0, 0.05) is 12.1 Å². The highest BCUT2D eigenvalue weighted by atomic mass is 19.4. The van der Waals surface area contributed by atoms with E-state index in [0.29, 0.717) is 28.7 Å². The fourth-order valence-electron chi connectivity index (χ4n) is 1.81. The quantitative estimate of drug-likeness (QED) is 0.841. The number of nitrogen functional groups attached to an aromatic ring is 1. The fraction of sp³-hybridized carbons (Fsp3) is 0.200. The zero-order valence-corrected chi connectivity index (χ0v) is 12.3. The topological polar surface area (TPSA) is 62.9 Å². The minimum absolute atomic E-state index is 0.296. The van der Waals surface area contributed by atoms with E-state index < -0.39 is 6.36 Å². The second kappa shape index (κ2) is 6.55. The van der Waals surface area contributed by atoms with Crippen LogP contribution in [-0.4, -0.2) is 20.6 Å². The SMILES string of the molecule is COc1cc(Oc2ccc(OC(F)(F)F)cc2)c(OC)cc1N. The fourth-order valence-corrected chi connectivity index (χ4v) is 1.81. The van der Waals surface area contributed by atoms with Gasteiger partial charge in [-0.05, 0) is 24.3 Å². The summed E-state index contributed by atoms with van der Waals surface area (Å²) < 4.78 is 56.0. The third-order valence-corrected chi connectivity index (χ3v) is 2.80. The van der Waals surface area contributed by atoms with Gasteiger partial charge in [0.15, 0.2) is 11.5 Å². The number of methoxy groups -OCH3 is 2. The van der Waals surface area contributed by atoms with Gasteiger partial charge in [-0.2, -0.15) is 0 Å². The van der Waals surface area contributed by atoms with Crippen molar-refractivity contribution in [2.75, 3.05) is 20.0 Å². The van der Waals surface area contributed by atoms with Crippen LogP contribution in [0, 0.1) is 0 Å². The van der Waals surface area contributed by atoms with Crippen molar-refractivity contribution in [2.24, 2.45) is 0 Å². The molecule has 8 heteroatoms. The Morgan fingerprint density at radius 3 is 1.91 bits per heavy atom. The second-order valence-electron chi connectivity index (χ2n) is 4.37. The van der Waals surface area contributed by atoms with Crippen molar-refractivity contribution in [2.45, 2.75) is 6.36 Å². The van der Waals surface area contributed by atoms with Crippen molar-refractivity contribution in [3.63, 3.8) is 0 Å². The maximum absolute atomic E-state index is 12.1. The average Bonchev–Trinajstić information content (AvgIpc) is 2.49. The van der Waals surface area contributed by atoms with Crippen molar-refractivity contribution in [3.8, 4) is 28.7 Å². The average molecular weight is 329 g/mol. The Labute approximate surface area is 130 Å². The number of benzene rings is 2. The molecule has 2 rings (SSSR count). The van der Waals surface area contributed by atoms with Crippen LogP contribution in [0.25, 0.3) is 0 Å². The molecule has 0 aliphatic rings. The maximum Gasteiger partial charge on any atom is 0.573 e. The minimum Gasteiger partial charge on any atom is -0.494 e. The number of anilines is 1. The van der Waals surface area contributed by atoms with E-state index in [4.69, 9.17) is 19.9 Å². The Morgan fingerprint density at radius 2 is 1.39 bits per heavy atom. The Balaban J connectivity index is 2.22. The summed E-state index contributed by atoms with van der Waals surface area (Å²) in [6.45, 7) is 0. The van der Waals surface area contributed by atoms with Crippen LogP contribution in [0.3, 0.4) is 0 Å². The molecule has 23 heavy (non-hydrogen) atoms. The van der Waals surface area contributed by atoms with Crippen LogP contribution in [0.4, 0.5) is 18.9 Å². The van der Waals surface area contributed by atoms with Gasteiger partial charge in [-0.3, -0.25) is 0 Å². The van der Waals surface area contributed by atoms with Crippen LogP contribution in [-0.2, 0) is 0 Å². The summed E-state index contributed by atoms with van der Waals surface area (Å²) in [5, 5.41) is 0. The molecular weight excluding hydrogens is 315 g/mol. The lowest BCUT2D eigenvalue weighted by Gasteiger charge is -2.14. The summed E-state index contributed by atoms with van der Waals surface area (Å²) in [6.07, 6.45) is -4.74. The van der Waals surface area contributed by atoms with Gasteiger partial charge in [0.25, 0.3) is 0 Å². The van der Waals surface area contributed by atoms with E-state index in [1.165, 1.54) is 38.5 Å². The smallest absolute Gasteiger partial charge is 0.494 e. The molecule has 0 heterocycles. The summed E-state index contributed by atoms with van der Waals surface area (Å²) in [6, 6.07) is 8.00. The van der Waals surface area contributed by atoms with E-state index in [1.807, 2.05) is 0 Å². The Kier molecular flexibility index (Phi) is 4.73. The molecule has 0 bridgehead atoms. The number of hydrogen-bond acceptors (Lipinski definition) is 5. The first kappa shape index (κ1) is 16.6. The maximum atomic E-state index is 12.1. The van der Waals surface area contributed by atoms with Crippen molar-refractivity contribution in [1.29, 1.82) is 0 Å². The van der Waals surface area contributed by atoms with Crippen LogP contribution in [0.1, 0.15) is 0 Å². The second-order valence-corrected chi connectivity index (χ2v) is 4.37. The number of nitrogens with two attached hydrogens (primary N) is 1. The van der Waals surface area contributed by atoms with Gasteiger partial charge < -0.3 is 24.7 Å². The standard InChI is InChI=1S/C15H14F3NO4/c1-20-12-8-14(13(21-2)7-11(12)19)22-9-3-5-10(6-4-9)23-15(16,17)18/h3-8H,19H2,1-2H3. The van der Waals surface area contributed by atoms with E-state index in [1.54, 1.807) is 0 Å².